The number of hydrazone groups is 1. The lowest BCUT2D eigenvalue weighted by atomic mass is 10.2. The average molecular weight is 407 g/mol. The Morgan fingerprint density at radius 3 is 2.67 bits per heavy atom. The summed E-state index contributed by atoms with van der Waals surface area (Å²) in [5.74, 6) is 0.585. The molecule has 1 atom stereocenters. The minimum absolute atomic E-state index is 0.0972. The molecule has 0 spiro atoms. The van der Waals surface area contributed by atoms with Crippen molar-refractivity contribution in [3.05, 3.63) is 46.2 Å². The number of halogens is 1. The first-order chi connectivity index (χ1) is 12.9. The molecule has 8 heteroatoms. The third-order valence-corrected chi connectivity index (χ3v) is 4.70. The number of rotatable bonds is 8. The lowest BCUT2D eigenvalue weighted by Gasteiger charge is -2.13. The molecule has 0 radical (unpaired) electrons. The quantitative estimate of drug-likeness (QED) is 0.308. The second-order valence-electron chi connectivity index (χ2n) is 6.04. The van der Waals surface area contributed by atoms with E-state index in [1.54, 1.807) is 12.1 Å². The van der Waals surface area contributed by atoms with Crippen molar-refractivity contribution in [1.29, 1.82) is 0 Å². The standard InChI is InChI=1S/C19H23ClN4O2S/c1-5-14(4)26-17-7-6-15(9-16(17)20)10-21-24-18(25)11-27-19-22-12(2)8-13(3)23-19/h6-10,14H,5,11H2,1-4H3,(H,24,25)/b21-10-/t14-/m0/s1. The van der Waals surface area contributed by atoms with Crippen LogP contribution in [-0.4, -0.2) is 33.9 Å². The summed E-state index contributed by atoms with van der Waals surface area (Å²) in [6.45, 7) is 7.83. The Balaban J connectivity index is 1.85. The number of hydrogen-bond acceptors (Lipinski definition) is 6. The molecule has 2 rings (SSSR count). The van der Waals surface area contributed by atoms with Crippen molar-refractivity contribution in [2.75, 3.05) is 5.75 Å². The summed E-state index contributed by atoms with van der Waals surface area (Å²) in [6.07, 6.45) is 2.53. The van der Waals surface area contributed by atoms with E-state index in [2.05, 4.69) is 20.5 Å². The van der Waals surface area contributed by atoms with Crippen LogP contribution in [0, 0.1) is 13.8 Å². The molecular weight excluding hydrogens is 384 g/mol. The van der Waals surface area contributed by atoms with Gasteiger partial charge in [-0.15, -0.1) is 0 Å². The number of carbonyl (C=O) groups excluding carboxylic acids is 1. The summed E-state index contributed by atoms with van der Waals surface area (Å²) < 4.78 is 5.72. The van der Waals surface area contributed by atoms with E-state index in [-0.39, 0.29) is 17.8 Å². The number of hydrogen-bond donors (Lipinski definition) is 1. The Morgan fingerprint density at radius 2 is 2.04 bits per heavy atom. The number of aryl methyl sites for hydroxylation is 2. The minimum atomic E-state index is -0.234. The molecule has 1 aromatic carbocycles. The highest BCUT2D eigenvalue weighted by Crippen LogP contribution is 2.26. The fraction of sp³-hybridized carbons (Fsp3) is 0.368. The van der Waals surface area contributed by atoms with Gasteiger partial charge in [-0.2, -0.15) is 5.10 Å². The van der Waals surface area contributed by atoms with Crippen LogP contribution < -0.4 is 10.2 Å². The first-order valence-corrected chi connectivity index (χ1v) is 9.97. The normalized spacial score (nSPS) is 12.2. The molecule has 6 nitrogen and oxygen atoms in total. The van der Waals surface area contributed by atoms with Gasteiger partial charge in [0.25, 0.3) is 5.91 Å². The molecule has 0 unspecified atom stereocenters. The van der Waals surface area contributed by atoms with E-state index in [4.69, 9.17) is 16.3 Å². The van der Waals surface area contributed by atoms with Crippen molar-refractivity contribution >= 4 is 35.5 Å². The maximum atomic E-state index is 11.9. The van der Waals surface area contributed by atoms with E-state index >= 15 is 0 Å². The topological polar surface area (TPSA) is 76.5 Å². The third-order valence-electron chi connectivity index (χ3n) is 3.56. The molecule has 1 amide bonds. The molecule has 1 aromatic heterocycles. The number of aromatic nitrogens is 2. The molecule has 0 aliphatic heterocycles. The van der Waals surface area contributed by atoms with Crippen LogP contribution in [0.15, 0.2) is 34.5 Å². The number of carbonyl (C=O) groups is 1. The van der Waals surface area contributed by atoms with Gasteiger partial charge in [0.2, 0.25) is 0 Å². The van der Waals surface area contributed by atoms with Crippen molar-refractivity contribution < 1.29 is 9.53 Å². The summed E-state index contributed by atoms with van der Waals surface area (Å²) in [5, 5.41) is 5.05. The molecular formula is C19H23ClN4O2S. The van der Waals surface area contributed by atoms with Crippen LogP contribution in [0.3, 0.4) is 0 Å². The third kappa shape index (κ3) is 7.19. The molecule has 0 aliphatic carbocycles. The van der Waals surface area contributed by atoms with Crippen molar-refractivity contribution in [3.63, 3.8) is 0 Å². The zero-order valence-corrected chi connectivity index (χ0v) is 17.4. The molecule has 1 N–H and O–H groups in total. The Hall–Kier alpha value is -2.12. The fourth-order valence-electron chi connectivity index (χ4n) is 2.09. The van der Waals surface area contributed by atoms with E-state index in [9.17, 15) is 4.79 Å². The van der Waals surface area contributed by atoms with Gasteiger partial charge in [0.15, 0.2) is 5.16 Å². The second kappa shape index (κ2) is 10.3. The Morgan fingerprint density at radius 1 is 1.33 bits per heavy atom. The molecule has 0 saturated carbocycles. The van der Waals surface area contributed by atoms with Crippen LogP contribution in [0.5, 0.6) is 5.75 Å². The molecule has 0 bridgehead atoms. The van der Waals surface area contributed by atoms with Crippen LogP contribution in [-0.2, 0) is 4.79 Å². The van der Waals surface area contributed by atoms with Crippen molar-refractivity contribution in [2.45, 2.75) is 45.4 Å². The predicted molar refractivity (Wildman–Crippen MR) is 110 cm³/mol. The van der Waals surface area contributed by atoms with Crippen molar-refractivity contribution in [2.24, 2.45) is 5.10 Å². The van der Waals surface area contributed by atoms with E-state index in [1.807, 2.05) is 39.8 Å². The van der Waals surface area contributed by atoms with Crippen LogP contribution >= 0.6 is 23.4 Å². The number of thioether (sulfide) groups is 1. The van der Waals surface area contributed by atoms with E-state index in [1.165, 1.54) is 18.0 Å². The predicted octanol–water partition coefficient (Wildman–Crippen LogP) is 4.17. The van der Waals surface area contributed by atoms with Gasteiger partial charge in [-0.1, -0.05) is 30.3 Å². The molecule has 0 fully saturated rings. The highest BCUT2D eigenvalue weighted by atomic mass is 35.5. The van der Waals surface area contributed by atoms with Crippen molar-refractivity contribution in [1.82, 2.24) is 15.4 Å². The minimum Gasteiger partial charge on any atom is -0.489 e. The van der Waals surface area contributed by atoms with Crippen LogP contribution in [0.2, 0.25) is 5.02 Å². The molecule has 27 heavy (non-hydrogen) atoms. The smallest absolute Gasteiger partial charge is 0.250 e. The van der Waals surface area contributed by atoms with Gasteiger partial charge in [-0.3, -0.25) is 4.79 Å². The van der Waals surface area contributed by atoms with Gasteiger partial charge >= 0.3 is 0 Å². The summed E-state index contributed by atoms with van der Waals surface area (Å²) >= 11 is 7.49. The van der Waals surface area contributed by atoms with Crippen molar-refractivity contribution in [3.8, 4) is 5.75 Å². The molecule has 144 valence electrons. The van der Waals surface area contributed by atoms with Gasteiger partial charge in [0.05, 0.1) is 23.1 Å². The van der Waals surface area contributed by atoms with E-state index in [0.29, 0.717) is 15.9 Å². The molecule has 0 aliphatic rings. The van der Waals surface area contributed by atoms with Gasteiger partial charge in [0.1, 0.15) is 5.75 Å². The summed E-state index contributed by atoms with van der Waals surface area (Å²) in [5.41, 5.74) is 5.00. The maximum Gasteiger partial charge on any atom is 0.250 e. The highest BCUT2D eigenvalue weighted by Gasteiger charge is 2.07. The first-order valence-electron chi connectivity index (χ1n) is 8.60. The second-order valence-corrected chi connectivity index (χ2v) is 7.39. The van der Waals surface area contributed by atoms with Gasteiger partial charge in [0, 0.05) is 11.4 Å². The van der Waals surface area contributed by atoms with Gasteiger partial charge in [-0.25, -0.2) is 15.4 Å². The first kappa shape index (κ1) is 21.2. The SMILES string of the molecule is CC[C@H](C)Oc1ccc(/C=N\NC(=O)CSc2nc(C)cc(C)n2)cc1Cl. The molecule has 2 aromatic rings. The Labute approximate surface area is 168 Å². The average Bonchev–Trinajstić information content (AvgIpc) is 2.61. The fourth-order valence-corrected chi connectivity index (χ4v) is 3.07. The van der Waals surface area contributed by atoms with Crippen LogP contribution in [0.4, 0.5) is 0 Å². The number of benzene rings is 1. The lowest BCUT2D eigenvalue weighted by molar-refractivity contribution is -0.118. The number of nitrogens with one attached hydrogen (secondary N) is 1. The lowest BCUT2D eigenvalue weighted by Crippen LogP contribution is -2.19. The summed E-state index contributed by atoms with van der Waals surface area (Å²) in [6, 6.07) is 7.26. The van der Waals surface area contributed by atoms with E-state index < -0.39 is 0 Å². The number of amides is 1. The number of nitrogens with zero attached hydrogens (tertiary/aromatic N) is 3. The monoisotopic (exact) mass is 406 g/mol. The zero-order valence-electron chi connectivity index (χ0n) is 15.8. The Kier molecular flexibility index (Phi) is 8.06. The van der Waals surface area contributed by atoms with E-state index in [0.717, 1.165) is 23.4 Å². The maximum absolute atomic E-state index is 11.9. The molecule has 1 heterocycles. The summed E-state index contributed by atoms with van der Waals surface area (Å²) in [7, 11) is 0. The van der Waals surface area contributed by atoms with Gasteiger partial charge < -0.3 is 4.74 Å². The number of ether oxygens (including phenoxy) is 1. The zero-order chi connectivity index (χ0) is 19.8. The Bertz CT molecular complexity index is 809. The highest BCUT2D eigenvalue weighted by molar-refractivity contribution is 7.99. The molecule has 0 saturated heterocycles. The summed E-state index contributed by atoms with van der Waals surface area (Å²) in [4.78, 5) is 20.5. The largest absolute Gasteiger partial charge is 0.489 e. The van der Waals surface area contributed by atoms with Gasteiger partial charge in [-0.05, 0) is 57.0 Å². The van der Waals surface area contributed by atoms with Crippen LogP contribution in [0.25, 0.3) is 0 Å². The van der Waals surface area contributed by atoms with Crippen LogP contribution in [0.1, 0.15) is 37.2 Å².